The first-order valence-corrected chi connectivity index (χ1v) is 6.04. The highest BCUT2D eigenvalue weighted by atomic mass is 16.4. The molecule has 0 spiro atoms. The van der Waals surface area contributed by atoms with Crippen molar-refractivity contribution in [2.24, 2.45) is 5.92 Å². The Morgan fingerprint density at radius 3 is 3.18 bits per heavy atom. The number of carbonyl (C=O) groups is 1. The predicted molar refractivity (Wildman–Crippen MR) is 66.2 cm³/mol. The zero-order valence-electron chi connectivity index (χ0n) is 10.1. The second-order valence-electron chi connectivity index (χ2n) is 4.71. The van der Waals surface area contributed by atoms with E-state index in [0.717, 1.165) is 37.3 Å². The van der Waals surface area contributed by atoms with Gasteiger partial charge in [-0.3, -0.25) is 9.78 Å². The van der Waals surface area contributed by atoms with E-state index in [1.165, 1.54) is 0 Å². The van der Waals surface area contributed by atoms with Gasteiger partial charge in [-0.1, -0.05) is 0 Å². The quantitative estimate of drug-likeness (QED) is 0.870. The summed E-state index contributed by atoms with van der Waals surface area (Å²) >= 11 is 0. The van der Waals surface area contributed by atoms with E-state index in [1.54, 1.807) is 0 Å². The van der Waals surface area contributed by atoms with Crippen molar-refractivity contribution in [3.8, 4) is 0 Å². The Hall–Kier alpha value is -1.58. The number of hydrogen-bond acceptors (Lipinski definition) is 3. The molecule has 0 bridgehead atoms. The minimum absolute atomic E-state index is 0.273. The van der Waals surface area contributed by atoms with E-state index in [-0.39, 0.29) is 12.3 Å². The molecule has 1 fully saturated rings. The van der Waals surface area contributed by atoms with Gasteiger partial charge in [-0.2, -0.15) is 0 Å². The van der Waals surface area contributed by atoms with Crippen LogP contribution in [0.1, 0.15) is 25.0 Å². The number of rotatable bonds is 3. The fourth-order valence-electron chi connectivity index (χ4n) is 2.44. The summed E-state index contributed by atoms with van der Waals surface area (Å²) in [5, 5.41) is 8.84. The van der Waals surface area contributed by atoms with Gasteiger partial charge in [0.05, 0.1) is 0 Å². The minimum Gasteiger partial charge on any atom is -0.481 e. The van der Waals surface area contributed by atoms with E-state index < -0.39 is 5.97 Å². The van der Waals surface area contributed by atoms with Gasteiger partial charge in [0, 0.05) is 37.1 Å². The molecular weight excluding hydrogens is 216 g/mol. The third-order valence-corrected chi connectivity index (χ3v) is 3.23. The number of carboxylic acids is 1. The van der Waals surface area contributed by atoms with Gasteiger partial charge in [-0.05, 0) is 37.8 Å². The van der Waals surface area contributed by atoms with Crippen molar-refractivity contribution in [2.45, 2.75) is 26.2 Å². The van der Waals surface area contributed by atoms with Gasteiger partial charge in [0.1, 0.15) is 0 Å². The second kappa shape index (κ2) is 5.17. The van der Waals surface area contributed by atoms with Gasteiger partial charge in [0.15, 0.2) is 0 Å². The number of carboxylic acid groups (broad SMARTS) is 1. The molecular formula is C13H18N2O2. The summed E-state index contributed by atoms with van der Waals surface area (Å²) in [6.07, 6.45) is 4.18. The molecule has 1 saturated heterocycles. The van der Waals surface area contributed by atoms with Crippen LogP contribution in [0.25, 0.3) is 0 Å². The average Bonchev–Trinajstić information content (AvgIpc) is 2.28. The first kappa shape index (κ1) is 11.9. The van der Waals surface area contributed by atoms with Crippen LogP contribution in [0.15, 0.2) is 18.3 Å². The topological polar surface area (TPSA) is 53.4 Å². The van der Waals surface area contributed by atoms with Crippen molar-refractivity contribution in [3.63, 3.8) is 0 Å². The summed E-state index contributed by atoms with van der Waals surface area (Å²) in [6.45, 7) is 3.83. The number of pyridine rings is 1. The highest BCUT2D eigenvalue weighted by Gasteiger charge is 2.22. The molecule has 92 valence electrons. The number of piperidine rings is 1. The van der Waals surface area contributed by atoms with Crippen molar-refractivity contribution in [2.75, 3.05) is 18.0 Å². The lowest BCUT2D eigenvalue weighted by molar-refractivity contribution is -0.138. The van der Waals surface area contributed by atoms with E-state index in [4.69, 9.17) is 5.11 Å². The maximum atomic E-state index is 10.7. The summed E-state index contributed by atoms with van der Waals surface area (Å²) in [5.74, 6) is -0.419. The third kappa shape index (κ3) is 3.19. The number of aromatic nitrogens is 1. The molecule has 4 nitrogen and oxygen atoms in total. The molecule has 1 N–H and O–H groups in total. The van der Waals surface area contributed by atoms with Gasteiger partial charge in [-0.15, -0.1) is 0 Å². The van der Waals surface area contributed by atoms with Crippen molar-refractivity contribution in [1.29, 1.82) is 0 Å². The number of anilines is 1. The molecule has 0 saturated carbocycles. The highest BCUT2D eigenvalue weighted by molar-refractivity contribution is 5.67. The van der Waals surface area contributed by atoms with Crippen molar-refractivity contribution < 1.29 is 9.90 Å². The lowest BCUT2D eigenvalue weighted by atomic mass is 9.94. The molecule has 0 aromatic carbocycles. The Bertz CT molecular complexity index is 406. The zero-order chi connectivity index (χ0) is 12.3. The van der Waals surface area contributed by atoms with Crippen molar-refractivity contribution in [3.05, 3.63) is 24.0 Å². The largest absolute Gasteiger partial charge is 0.481 e. The molecule has 0 amide bonds. The monoisotopic (exact) mass is 234 g/mol. The lowest BCUT2D eigenvalue weighted by Gasteiger charge is -2.33. The lowest BCUT2D eigenvalue weighted by Crippen LogP contribution is -2.36. The Morgan fingerprint density at radius 1 is 1.65 bits per heavy atom. The van der Waals surface area contributed by atoms with Gasteiger partial charge in [0.25, 0.3) is 0 Å². The molecule has 1 aromatic rings. The number of aryl methyl sites for hydroxylation is 1. The van der Waals surface area contributed by atoms with Crippen molar-refractivity contribution >= 4 is 11.7 Å². The molecule has 17 heavy (non-hydrogen) atoms. The van der Waals surface area contributed by atoms with E-state index in [9.17, 15) is 4.79 Å². The van der Waals surface area contributed by atoms with Gasteiger partial charge in [-0.25, -0.2) is 0 Å². The summed E-state index contributed by atoms with van der Waals surface area (Å²) in [4.78, 5) is 17.2. The molecule has 0 aliphatic carbocycles. The maximum absolute atomic E-state index is 10.7. The van der Waals surface area contributed by atoms with E-state index in [0.29, 0.717) is 0 Å². The van der Waals surface area contributed by atoms with Crippen LogP contribution in [0.4, 0.5) is 5.69 Å². The van der Waals surface area contributed by atoms with Crippen LogP contribution in [0.5, 0.6) is 0 Å². The van der Waals surface area contributed by atoms with Gasteiger partial charge in [0.2, 0.25) is 0 Å². The fraction of sp³-hybridized carbons (Fsp3) is 0.538. The second-order valence-corrected chi connectivity index (χ2v) is 4.71. The maximum Gasteiger partial charge on any atom is 0.303 e. The van der Waals surface area contributed by atoms with E-state index in [1.807, 2.05) is 19.2 Å². The Morgan fingerprint density at radius 2 is 2.47 bits per heavy atom. The minimum atomic E-state index is -0.692. The smallest absolute Gasteiger partial charge is 0.303 e. The summed E-state index contributed by atoms with van der Waals surface area (Å²) < 4.78 is 0. The summed E-state index contributed by atoms with van der Waals surface area (Å²) in [6, 6.07) is 4.05. The molecule has 1 aliphatic rings. The number of aliphatic carboxylic acids is 1. The molecule has 1 aromatic heterocycles. The Labute approximate surface area is 101 Å². The van der Waals surface area contributed by atoms with Crippen LogP contribution >= 0.6 is 0 Å². The normalized spacial score (nSPS) is 20.3. The van der Waals surface area contributed by atoms with Crippen LogP contribution in [-0.2, 0) is 4.79 Å². The molecule has 2 rings (SSSR count). The molecule has 1 unspecified atom stereocenters. The molecule has 1 atom stereocenters. The number of hydrogen-bond donors (Lipinski definition) is 1. The first-order chi connectivity index (χ1) is 8.15. The standard InChI is InChI=1S/C13H18N2O2/c1-10-7-12(4-5-14-10)15-6-2-3-11(9-15)8-13(16)17/h4-5,7,11H,2-3,6,8-9H2,1H3,(H,16,17). The molecule has 4 heteroatoms. The molecule has 2 heterocycles. The van der Waals surface area contributed by atoms with Crippen molar-refractivity contribution in [1.82, 2.24) is 4.98 Å². The van der Waals surface area contributed by atoms with Crippen LogP contribution < -0.4 is 4.90 Å². The first-order valence-electron chi connectivity index (χ1n) is 6.04. The highest BCUT2D eigenvalue weighted by Crippen LogP contribution is 2.24. The van der Waals surface area contributed by atoms with Crippen LogP contribution in [-0.4, -0.2) is 29.1 Å². The number of nitrogens with zero attached hydrogens (tertiary/aromatic N) is 2. The summed E-state index contributed by atoms with van der Waals surface area (Å²) in [5.41, 5.74) is 2.16. The fourth-order valence-corrected chi connectivity index (χ4v) is 2.44. The summed E-state index contributed by atoms with van der Waals surface area (Å²) in [7, 11) is 0. The van der Waals surface area contributed by atoms with Gasteiger partial charge >= 0.3 is 5.97 Å². The molecule has 0 radical (unpaired) electrons. The van der Waals surface area contributed by atoms with Gasteiger partial charge < -0.3 is 10.0 Å². The van der Waals surface area contributed by atoms with Crippen LogP contribution in [0, 0.1) is 12.8 Å². The zero-order valence-corrected chi connectivity index (χ0v) is 10.1. The Balaban J connectivity index is 2.04. The predicted octanol–water partition coefficient (Wildman–Crippen LogP) is 2.08. The SMILES string of the molecule is Cc1cc(N2CCCC(CC(=O)O)C2)ccn1. The Kier molecular flexibility index (Phi) is 3.61. The average molecular weight is 234 g/mol. The van der Waals surface area contributed by atoms with E-state index >= 15 is 0 Å². The third-order valence-electron chi connectivity index (χ3n) is 3.23. The van der Waals surface area contributed by atoms with E-state index in [2.05, 4.69) is 16.0 Å². The van der Waals surface area contributed by atoms with Crippen LogP contribution in [0.2, 0.25) is 0 Å². The molecule has 1 aliphatic heterocycles. The van der Waals surface area contributed by atoms with Crippen LogP contribution in [0.3, 0.4) is 0 Å².